The Kier molecular flexibility index (Phi) is 2.44. The molecule has 0 spiro atoms. The standard InChI is InChI=1S/C14H19N3/c1-9(15)11-6-7-13-12(8-11)14(17(2)16-13)10-4-3-5-10/h6-10H,3-5,15H2,1-2H3. The normalized spacial score (nSPS) is 18.3. The van der Waals surface area contributed by atoms with Crippen molar-refractivity contribution in [2.75, 3.05) is 0 Å². The lowest BCUT2D eigenvalue weighted by Gasteiger charge is -2.25. The van der Waals surface area contributed by atoms with Gasteiger partial charge in [-0.05, 0) is 37.5 Å². The van der Waals surface area contributed by atoms with Gasteiger partial charge in [-0.15, -0.1) is 0 Å². The van der Waals surface area contributed by atoms with Crippen molar-refractivity contribution in [1.29, 1.82) is 0 Å². The van der Waals surface area contributed by atoms with Gasteiger partial charge in [0.25, 0.3) is 0 Å². The summed E-state index contributed by atoms with van der Waals surface area (Å²) in [5, 5.41) is 5.89. The molecule has 1 heterocycles. The minimum Gasteiger partial charge on any atom is -0.324 e. The lowest BCUT2D eigenvalue weighted by Crippen LogP contribution is -2.13. The number of aryl methyl sites for hydroxylation is 1. The van der Waals surface area contributed by atoms with Gasteiger partial charge in [-0.3, -0.25) is 4.68 Å². The van der Waals surface area contributed by atoms with Crippen LogP contribution < -0.4 is 5.73 Å². The van der Waals surface area contributed by atoms with Crippen molar-refractivity contribution in [3.8, 4) is 0 Å². The van der Waals surface area contributed by atoms with Crippen molar-refractivity contribution >= 4 is 10.9 Å². The molecule has 1 aliphatic rings. The van der Waals surface area contributed by atoms with Crippen molar-refractivity contribution in [2.24, 2.45) is 12.8 Å². The maximum Gasteiger partial charge on any atom is 0.0926 e. The summed E-state index contributed by atoms with van der Waals surface area (Å²) in [6.07, 6.45) is 3.96. The second kappa shape index (κ2) is 3.84. The Morgan fingerprint density at radius 3 is 2.76 bits per heavy atom. The predicted octanol–water partition coefficient (Wildman–Crippen LogP) is 2.86. The molecule has 0 bridgehead atoms. The maximum absolute atomic E-state index is 5.96. The van der Waals surface area contributed by atoms with Gasteiger partial charge in [-0.25, -0.2) is 0 Å². The van der Waals surface area contributed by atoms with Crippen LogP contribution in [0.4, 0.5) is 0 Å². The number of nitrogens with zero attached hydrogens (tertiary/aromatic N) is 2. The fourth-order valence-corrected chi connectivity index (χ4v) is 2.68. The van der Waals surface area contributed by atoms with Gasteiger partial charge < -0.3 is 5.73 Å². The Labute approximate surface area is 102 Å². The van der Waals surface area contributed by atoms with Crippen molar-refractivity contribution in [2.45, 2.75) is 38.1 Å². The molecule has 1 atom stereocenters. The fourth-order valence-electron chi connectivity index (χ4n) is 2.68. The third-order valence-electron chi connectivity index (χ3n) is 3.92. The van der Waals surface area contributed by atoms with Crippen molar-refractivity contribution in [3.63, 3.8) is 0 Å². The summed E-state index contributed by atoms with van der Waals surface area (Å²) in [6.45, 7) is 2.03. The molecule has 90 valence electrons. The number of benzene rings is 1. The highest BCUT2D eigenvalue weighted by molar-refractivity contribution is 5.83. The van der Waals surface area contributed by atoms with Crippen LogP contribution in [-0.4, -0.2) is 9.78 Å². The van der Waals surface area contributed by atoms with Crippen molar-refractivity contribution in [1.82, 2.24) is 9.78 Å². The van der Waals surface area contributed by atoms with Gasteiger partial charge in [-0.2, -0.15) is 5.10 Å². The molecule has 1 saturated carbocycles. The number of hydrogen-bond acceptors (Lipinski definition) is 2. The largest absolute Gasteiger partial charge is 0.324 e. The first-order valence-electron chi connectivity index (χ1n) is 6.39. The molecular weight excluding hydrogens is 210 g/mol. The van der Waals surface area contributed by atoms with E-state index in [1.165, 1.54) is 35.9 Å². The lowest BCUT2D eigenvalue weighted by atomic mass is 9.81. The van der Waals surface area contributed by atoms with Crippen LogP contribution in [0.1, 0.15) is 49.4 Å². The van der Waals surface area contributed by atoms with Crippen LogP contribution in [-0.2, 0) is 7.05 Å². The summed E-state index contributed by atoms with van der Waals surface area (Å²) in [7, 11) is 2.05. The van der Waals surface area contributed by atoms with Crippen molar-refractivity contribution in [3.05, 3.63) is 29.5 Å². The molecule has 0 amide bonds. The van der Waals surface area contributed by atoms with Gasteiger partial charge in [-0.1, -0.05) is 12.5 Å². The van der Waals surface area contributed by atoms with Gasteiger partial charge >= 0.3 is 0 Å². The molecule has 2 aromatic rings. The Balaban J connectivity index is 2.18. The predicted molar refractivity (Wildman–Crippen MR) is 69.9 cm³/mol. The van der Waals surface area contributed by atoms with Crippen LogP contribution in [0.3, 0.4) is 0 Å². The number of nitrogens with two attached hydrogens (primary N) is 1. The smallest absolute Gasteiger partial charge is 0.0926 e. The molecule has 1 unspecified atom stereocenters. The molecule has 1 aliphatic carbocycles. The Hall–Kier alpha value is -1.35. The fraction of sp³-hybridized carbons (Fsp3) is 0.500. The molecule has 17 heavy (non-hydrogen) atoms. The maximum atomic E-state index is 5.96. The second-order valence-electron chi connectivity index (χ2n) is 5.20. The molecule has 2 N–H and O–H groups in total. The van der Waals surface area contributed by atoms with E-state index in [2.05, 4.69) is 35.0 Å². The van der Waals surface area contributed by atoms with Gasteiger partial charge in [0.15, 0.2) is 0 Å². The molecule has 0 saturated heterocycles. The number of hydrogen-bond donors (Lipinski definition) is 1. The van der Waals surface area contributed by atoms with E-state index >= 15 is 0 Å². The van der Waals surface area contributed by atoms with Gasteiger partial charge in [0, 0.05) is 30.1 Å². The summed E-state index contributed by atoms with van der Waals surface area (Å²) in [6, 6.07) is 6.50. The van der Waals surface area contributed by atoms with Crippen LogP contribution in [0.15, 0.2) is 18.2 Å². The first kappa shape index (κ1) is 10.8. The number of aromatic nitrogens is 2. The lowest BCUT2D eigenvalue weighted by molar-refractivity contribution is 0.399. The third-order valence-corrected chi connectivity index (χ3v) is 3.92. The van der Waals surface area contributed by atoms with Crippen LogP contribution >= 0.6 is 0 Å². The Bertz CT molecular complexity index is 550. The van der Waals surface area contributed by atoms with Crippen LogP contribution in [0.25, 0.3) is 10.9 Å². The molecular formula is C14H19N3. The van der Waals surface area contributed by atoms with E-state index in [1.54, 1.807) is 0 Å². The first-order valence-corrected chi connectivity index (χ1v) is 6.39. The highest BCUT2D eigenvalue weighted by atomic mass is 15.3. The average Bonchev–Trinajstić information content (AvgIpc) is 2.53. The molecule has 3 rings (SSSR count). The molecule has 3 nitrogen and oxygen atoms in total. The van der Waals surface area contributed by atoms with E-state index in [-0.39, 0.29) is 6.04 Å². The average molecular weight is 229 g/mol. The van der Waals surface area contributed by atoms with E-state index in [1.807, 2.05) is 6.92 Å². The summed E-state index contributed by atoms with van der Waals surface area (Å²) in [5.41, 5.74) is 9.65. The zero-order valence-corrected chi connectivity index (χ0v) is 10.5. The minimum atomic E-state index is 0.0915. The quantitative estimate of drug-likeness (QED) is 0.860. The van der Waals surface area contributed by atoms with Crippen LogP contribution in [0, 0.1) is 0 Å². The molecule has 1 aromatic heterocycles. The monoisotopic (exact) mass is 229 g/mol. The highest BCUT2D eigenvalue weighted by Gasteiger charge is 2.25. The minimum absolute atomic E-state index is 0.0915. The number of rotatable bonds is 2. The van der Waals surface area contributed by atoms with E-state index in [9.17, 15) is 0 Å². The van der Waals surface area contributed by atoms with Gasteiger partial charge in [0.05, 0.1) is 5.52 Å². The van der Waals surface area contributed by atoms with E-state index in [0.717, 1.165) is 5.52 Å². The Morgan fingerprint density at radius 1 is 1.41 bits per heavy atom. The van der Waals surface area contributed by atoms with E-state index in [0.29, 0.717) is 5.92 Å². The SMILES string of the molecule is CC(N)c1ccc2nn(C)c(C3CCC3)c2c1. The molecule has 0 radical (unpaired) electrons. The first-order chi connectivity index (χ1) is 8.16. The highest BCUT2D eigenvalue weighted by Crippen LogP contribution is 2.39. The molecule has 1 aromatic carbocycles. The second-order valence-corrected chi connectivity index (χ2v) is 5.20. The van der Waals surface area contributed by atoms with Crippen LogP contribution in [0.2, 0.25) is 0 Å². The topological polar surface area (TPSA) is 43.8 Å². The van der Waals surface area contributed by atoms with Crippen LogP contribution in [0.5, 0.6) is 0 Å². The Morgan fingerprint density at radius 2 is 2.18 bits per heavy atom. The third kappa shape index (κ3) is 1.65. The zero-order valence-electron chi connectivity index (χ0n) is 10.5. The van der Waals surface area contributed by atoms with E-state index in [4.69, 9.17) is 5.73 Å². The van der Waals surface area contributed by atoms with E-state index < -0.39 is 0 Å². The summed E-state index contributed by atoms with van der Waals surface area (Å²) in [4.78, 5) is 0. The molecule has 3 heteroatoms. The molecule has 0 aliphatic heterocycles. The summed E-state index contributed by atoms with van der Waals surface area (Å²) < 4.78 is 2.06. The summed E-state index contributed by atoms with van der Waals surface area (Å²) >= 11 is 0. The number of fused-ring (bicyclic) bond motifs is 1. The van der Waals surface area contributed by atoms with Crippen molar-refractivity contribution < 1.29 is 0 Å². The van der Waals surface area contributed by atoms with Gasteiger partial charge in [0.1, 0.15) is 0 Å². The zero-order chi connectivity index (χ0) is 12.0. The summed E-state index contributed by atoms with van der Waals surface area (Å²) in [5.74, 6) is 0.702. The molecule has 1 fully saturated rings. The van der Waals surface area contributed by atoms with Gasteiger partial charge in [0.2, 0.25) is 0 Å².